The first kappa shape index (κ1) is 10.4. The smallest absolute Gasteiger partial charge is 0.320 e. The van der Waals surface area contributed by atoms with Crippen LogP contribution in [0, 0.1) is 0 Å². The molecule has 4 heteroatoms. The van der Waals surface area contributed by atoms with Gasteiger partial charge in [-0.15, -0.1) is 0 Å². The Balaban J connectivity index is 4.12. The fraction of sp³-hybridized carbons (Fsp3) is 0.250. The molecule has 0 aromatic heterocycles. The van der Waals surface area contributed by atoms with Crippen molar-refractivity contribution in [3.05, 3.63) is 24.0 Å². The maximum Gasteiger partial charge on any atom is 0.320 e. The second-order valence-electron chi connectivity index (χ2n) is 2.02. The van der Waals surface area contributed by atoms with Crippen molar-refractivity contribution in [2.24, 2.45) is 0 Å². The van der Waals surface area contributed by atoms with Gasteiger partial charge in [0.05, 0.1) is 0 Å². The van der Waals surface area contributed by atoms with Crippen LogP contribution in [0.15, 0.2) is 24.0 Å². The lowest BCUT2D eigenvalue weighted by atomic mass is 10.3. The number of carbonyl (C=O) groups excluding carboxylic acids is 1. The topological polar surface area (TPSA) is 77.4 Å². The van der Waals surface area contributed by atoms with E-state index < -0.39 is 11.7 Å². The first-order valence-corrected chi connectivity index (χ1v) is 3.39. The highest BCUT2D eigenvalue weighted by molar-refractivity contribution is 5.90. The molecule has 0 radical (unpaired) electrons. The summed E-state index contributed by atoms with van der Waals surface area (Å²) in [5, 5.41) is 18.5. The van der Waals surface area contributed by atoms with Gasteiger partial charge in [-0.1, -0.05) is 19.1 Å². The molecular weight excluding hydrogens is 160 g/mol. The number of carboxylic acid groups (broad SMARTS) is 1. The Bertz CT molecular complexity index is 237. The van der Waals surface area contributed by atoms with E-state index in [2.05, 4.69) is 0 Å². The minimum absolute atomic E-state index is 0.149. The highest BCUT2D eigenvalue weighted by atomic mass is 16.4. The van der Waals surface area contributed by atoms with Crippen molar-refractivity contribution in [1.29, 1.82) is 0 Å². The molecule has 0 unspecified atom stereocenters. The minimum Gasteiger partial charge on any atom is -0.868 e. The van der Waals surface area contributed by atoms with Crippen LogP contribution in [0.25, 0.3) is 0 Å². The van der Waals surface area contributed by atoms with E-state index in [-0.39, 0.29) is 5.78 Å². The van der Waals surface area contributed by atoms with E-state index in [1.807, 2.05) is 0 Å². The normalized spacial score (nSPS) is 11.9. The molecule has 0 bridgehead atoms. The summed E-state index contributed by atoms with van der Waals surface area (Å²) in [6.07, 6.45) is 3.49. The van der Waals surface area contributed by atoms with E-state index >= 15 is 0 Å². The lowest BCUT2D eigenvalue weighted by Crippen LogP contribution is -2.13. The van der Waals surface area contributed by atoms with Crippen molar-refractivity contribution in [2.75, 3.05) is 0 Å². The average Bonchev–Trinajstić information content (AvgIpc) is 2.03. The molecule has 0 heterocycles. The Morgan fingerprint density at radius 3 is 2.50 bits per heavy atom. The van der Waals surface area contributed by atoms with Crippen LogP contribution >= 0.6 is 0 Å². The molecular formula is C8H9O4-. The summed E-state index contributed by atoms with van der Waals surface area (Å²) in [6, 6.07) is 0. The maximum absolute atomic E-state index is 10.6. The Morgan fingerprint density at radius 1 is 1.50 bits per heavy atom. The molecule has 0 aliphatic carbocycles. The van der Waals surface area contributed by atoms with Crippen LogP contribution in [-0.2, 0) is 9.59 Å². The molecule has 4 nitrogen and oxygen atoms in total. The first-order valence-electron chi connectivity index (χ1n) is 3.39. The summed E-state index contributed by atoms with van der Waals surface area (Å²) in [5.41, 5.74) is 0. The fourth-order valence-electron chi connectivity index (χ4n) is 0.432. The summed E-state index contributed by atoms with van der Waals surface area (Å²) < 4.78 is 0. The average molecular weight is 169 g/mol. The summed E-state index contributed by atoms with van der Waals surface area (Å²) in [7, 11) is 0. The molecule has 0 rings (SSSR count). The molecule has 0 saturated heterocycles. The van der Waals surface area contributed by atoms with Gasteiger partial charge in [0, 0.05) is 6.42 Å². The summed E-state index contributed by atoms with van der Waals surface area (Å²) >= 11 is 0. The number of rotatable bonds is 4. The van der Waals surface area contributed by atoms with E-state index in [1.165, 1.54) is 6.08 Å². The minimum atomic E-state index is -1.52. The molecule has 0 saturated carbocycles. The van der Waals surface area contributed by atoms with Gasteiger partial charge < -0.3 is 10.2 Å². The van der Waals surface area contributed by atoms with Crippen LogP contribution in [0.3, 0.4) is 0 Å². The molecule has 0 atom stereocenters. The van der Waals surface area contributed by atoms with Crippen LogP contribution in [-0.4, -0.2) is 16.9 Å². The Labute approximate surface area is 69.8 Å². The third-order valence-electron chi connectivity index (χ3n) is 1.09. The Hall–Kier alpha value is -1.58. The van der Waals surface area contributed by atoms with E-state index in [0.717, 1.165) is 12.2 Å². The monoisotopic (exact) mass is 169 g/mol. The second-order valence-corrected chi connectivity index (χ2v) is 2.02. The number of carboxylic acids is 1. The zero-order valence-electron chi connectivity index (χ0n) is 6.61. The predicted octanol–water partition coefficient (Wildman–Crippen LogP) is -0.150. The third kappa shape index (κ3) is 4.27. The van der Waals surface area contributed by atoms with Crippen molar-refractivity contribution in [2.45, 2.75) is 13.3 Å². The third-order valence-corrected chi connectivity index (χ3v) is 1.09. The van der Waals surface area contributed by atoms with Crippen molar-refractivity contribution in [3.8, 4) is 0 Å². The van der Waals surface area contributed by atoms with E-state index in [0.29, 0.717) is 6.42 Å². The Morgan fingerprint density at radius 2 is 2.08 bits per heavy atom. The van der Waals surface area contributed by atoms with Gasteiger partial charge in [-0.05, 0) is 11.8 Å². The zero-order valence-corrected chi connectivity index (χ0v) is 6.61. The van der Waals surface area contributed by atoms with Crippen LogP contribution in [0.4, 0.5) is 0 Å². The standard InChI is InChI=1S/C8H10O4/c1-2-6(9)4-3-5-7(10)8(11)12/h3-5,10H,2H2,1H3,(H,11,12)/p-1/b4-3+,7-5-. The van der Waals surface area contributed by atoms with Gasteiger partial charge in [-0.2, -0.15) is 0 Å². The molecule has 0 aromatic rings. The molecule has 0 amide bonds. The van der Waals surface area contributed by atoms with E-state index in [4.69, 9.17) is 5.11 Å². The number of allylic oxidation sites excluding steroid dienone is 3. The van der Waals surface area contributed by atoms with Crippen LogP contribution in [0.5, 0.6) is 0 Å². The summed E-state index contributed by atoms with van der Waals surface area (Å²) in [5.74, 6) is -2.71. The molecule has 0 aliphatic heterocycles. The summed E-state index contributed by atoms with van der Waals surface area (Å²) in [4.78, 5) is 20.5. The number of carbonyl (C=O) groups is 2. The number of hydrogen-bond donors (Lipinski definition) is 1. The molecule has 0 aliphatic rings. The fourth-order valence-corrected chi connectivity index (χ4v) is 0.432. The maximum atomic E-state index is 10.6. The Kier molecular flexibility index (Phi) is 4.45. The van der Waals surface area contributed by atoms with Gasteiger partial charge in [0.15, 0.2) is 5.78 Å². The van der Waals surface area contributed by atoms with Crippen molar-refractivity contribution < 1.29 is 19.8 Å². The zero-order chi connectivity index (χ0) is 9.56. The van der Waals surface area contributed by atoms with E-state index in [1.54, 1.807) is 6.92 Å². The summed E-state index contributed by atoms with van der Waals surface area (Å²) in [6.45, 7) is 1.67. The van der Waals surface area contributed by atoms with Crippen molar-refractivity contribution >= 4 is 11.8 Å². The molecule has 66 valence electrons. The molecule has 12 heavy (non-hydrogen) atoms. The quantitative estimate of drug-likeness (QED) is 0.360. The van der Waals surface area contributed by atoms with E-state index in [9.17, 15) is 14.7 Å². The van der Waals surface area contributed by atoms with Gasteiger partial charge in [0.2, 0.25) is 0 Å². The number of ketones is 1. The second kappa shape index (κ2) is 5.12. The van der Waals surface area contributed by atoms with Gasteiger partial charge in [0.25, 0.3) is 0 Å². The van der Waals surface area contributed by atoms with Gasteiger partial charge >= 0.3 is 5.97 Å². The molecule has 0 fully saturated rings. The number of hydrogen-bond acceptors (Lipinski definition) is 3. The lowest BCUT2D eigenvalue weighted by Gasteiger charge is -2.01. The van der Waals surface area contributed by atoms with Crippen LogP contribution < -0.4 is 5.11 Å². The van der Waals surface area contributed by atoms with Crippen molar-refractivity contribution in [3.63, 3.8) is 0 Å². The highest BCUT2D eigenvalue weighted by Gasteiger charge is 1.90. The predicted molar refractivity (Wildman–Crippen MR) is 40.2 cm³/mol. The van der Waals surface area contributed by atoms with Gasteiger partial charge in [0.1, 0.15) is 0 Å². The highest BCUT2D eigenvalue weighted by Crippen LogP contribution is 1.87. The first-order chi connectivity index (χ1) is 5.57. The van der Waals surface area contributed by atoms with Crippen molar-refractivity contribution in [1.82, 2.24) is 0 Å². The number of aliphatic carboxylic acids is 1. The van der Waals surface area contributed by atoms with Crippen LogP contribution in [0.1, 0.15) is 13.3 Å². The largest absolute Gasteiger partial charge is 0.868 e. The molecule has 1 N–H and O–H groups in total. The SMILES string of the molecule is CCC(=O)/C=C/C=C(\[O-])C(=O)O. The van der Waals surface area contributed by atoms with Gasteiger partial charge in [-0.3, -0.25) is 4.79 Å². The molecule has 0 spiro atoms. The molecule has 0 aromatic carbocycles. The van der Waals surface area contributed by atoms with Crippen LogP contribution in [0.2, 0.25) is 0 Å². The van der Waals surface area contributed by atoms with Gasteiger partial charge in [-0.25, -0.2) is 4.79 Å². The lowest BCUT2D eigenvalue weighted by molar-refractivity contribution is -0.302.